The monoisotopic (exact) mass is 360 g/mol. The molecule has 1 saturated heterocycles. The summed E-state index contributed by atoms with van der Waals surface area (Å²) in [5.74, 6) is 0.616. The van der Waals surface area contributed by atoms with Gasteiger partial charge in [-0.3, -0.25) is 9.69 Å². The van der Waals surface area contributed by atoms with E-state index in [9.17, 15) is 9.59 Å². The van der Waals surface area contributed by atoms with E-state index in [4.69, 9.17) is 15.2 Å². The van der Waals surface area contributed by atoms with Gasteiger partial charge in [0, 0.05) is 5.75 Å². The highest BCUT2D eigenvalue weighted by molar-refractivity contribution is 8.00. The number of hydrogen-bond acceptors (Lipinski definition) is 6. The van der Waals surface area contributed by atoms with Gasteiger partial charge in [-0.2, -0.15) is 0 Å². The largest absolute Gasteiger partial charge is 0.497 e. The normalized spacial score (nSPS) is 22.7. The summed E-state index contributed by atoms with van der Waals surface area (Å²) in [6, 6.07) is 6.72. The molecule has 0 saturated carbocycles. The summed E-state index contributed by atoms with van der Waals surface area (Å²) in [6.07, 6.45) is 3.68. The van der Waals surface area contributed by atoms with Crippen LogP contribution in [0.1, 0.15) is 12.5 Å². The molecule has 3 rings (SSSR count). The first-order valence-corrected chi connectivity index (χ1v) is 8.98. The fourth-order valence-corrected chi connectivity index (χ4v) is 4.06. The van der Waals surface area contributed by atoms with E-state index in [1.807, 2.05) is 31.2 Å². The van der Waals surface area contributed by atoms with Crippen LogP contribution in [0, 0.1) is 0 Å². The van der Waals surface area contributed by atoms with Gasteiger partial charge in [-0.05, 0) is 30.2 Å². The second-order valence-corrected chi connectivity index (χ2v) is 6.84. The van der Waals surface area contributed by atoms with E-state index in [1.54, 1.807) is 31.0 Å². The van der Waals surface area contributed by atoms with Crippen molar-refractivity contribution in [3.8, 4) is 5.75 Å². The third kappa shape index (κ3) is 3.29. The standard InChI is InChI=1S/C18H20N2O4S/c1-3-4-12-10-25-17-14(19)16(21)20(17)15(12)18(22)24-9-11-5-7-13(23-2)8-6-11/h3-8,14,17H,9-10,19H2,1-2H3/t14-,17+/m1/s1. The number of fused-ring (bicyclic) bond motifs is 1. The first kappa shape index (κ1) is 17.6. The topological polar surface area (TPSA) is 81.9 Å². The van der Waals surface area contributed by atoms with Crippen molar-refractivity contribution < 1.29 is 19.1 Å². The molecule has 1 aromatic carbocycles. The number of esters is 1. The fraction of sp³-hybridized carbons (Fsp3) is 0.333. The number of hydrogen-bond donors (Lipinski definition) is 1. The number of thioether (sulfide) groups is 1. The maximum Gasteiger partial charge on any atom is 0.355 e. The predicted octanol–water partition coefficient (Wildman–Crippen LogP) is 1.81. The van der Waals surface area contributed by atoms with Crippen LogP contribution in [0.3, 0.4) is 0 Å². The van der Waals surface area contributed by atoms with E-state index in [1.165, 1.54) is 4.90 Å². The SMILES string of the molecule is CC=CC1=C(C(=O)OCc2ccc(OC)cc2)N2C(=O)[C@@H](N)[C@@H]2SC1. The van der Waals surface area contributed by atoms with Crippen LogP contribution >= 0.6 is 11.8 Å². The van der Waals surface area contributed by atoms with Gasteiger partial charge in [0.25, 0.3) is 0 Å². The minimum atomic E-state index is -0.554. The highest BCUT2D eigenvalue weighted by atomic mass is 32.2. The van der Waals surface area contributed by atoms with Gasteiger partial charge in [0.2, 0.25) is 5.91 Å². The molecule has 132 valence electrons. The zero-order valence-corrected chi connectivity index (χ0v) is 14.9. The minimum absolute atomic E-state index is 0.126. The lowest BCUT2D eigenvalue weighted by molar-refractivity contribution is -0.151. The molecule has 1 amide bonds. The van der Waals surface area contributed by atoms with Crippen LogP contribution in [0.2, 0.25) is 0 Å². The van der Waals surface area contributed by atoms with Gasteiger partial charge in [0.1, 0.15) is 29.5 Å². The van der Waals surface area contributed by atoms with Crippen LogP contribution < -0.4 is 10.5 Å². The number of rotatable bonds is 5. The smallest absolute Gasteiger partial charge is 0.355 e. The van der Waals surface area contributed by atoms with Crippen molar-refractivity contribution in [1.82, 2.24) is 4.90 Å². The van der Waals surface area contributed by atoms with Crippen molar-refractivity contribution >= 4 is 23.6 Å². The fourth-order valence-electron chi connectivity index (χ4n) is 2.80. The Morgan fingerprint density at radius 3 is 2.76 bits per heavy atom. The molecule has 0 spiro atoms. The number of nitrogens with two attached hydrogens (primary N) is 1. The molecule has 7 heteroatoms. The number of carbonyl (C=O) groups is 2. The third-order valence-electron chi connectivity index (χ3n) is 4.13. The van der Waals surface area contributed by atoms with Crippen molar-refractivity contribution in [3.63, 3.8) is 0 Å². The van der Waals surface area contributed by atoms with E-state index >= 15 is 0 Å². The number of nitrogens with zero attached hydrogens (tertiary/aromatic N) is 1. The molecule has 1 aromatic rings. The molecule has 1 fully saturated rings. The molecule has 2 atom stereocenters. The van der Waals surface area contributed by atoms with E-state index in [0.29, 0.717) is 11.4 Å². The lowest BCUT2D eigenvalue weighted by Gasteiger charge is -2.48. The maximum absolute atomic E-state index is 12.6. The number of β-lactam (4-membered cyclic amide) rings is 1. The van der Waals surface area contributed by atoms with E-state index in [0.717, 1.165) is 16.9 Å². The summed E-state index contributed by atoms with van der Waals surface area (Å²) in [5.41, 5.74) is 7.77. The molecule has 2 heterocycles. The Bertz CT molecular complexity index is 742. The second-order valence-electron chi connectivity index (χ2n) is 5.73. The number of carbonyl (C=O) groups excluding carboxylic acids is 2. The van der Waals surface area contributed by atoms with E-state index in [-0.39, 0.29) is 17.9 Å². The van der Waals surface area contributed by atoms with E-state index < -0.39 is 12.0 Å². The molecular formula is C18H20N2O4S. The van der Waals surface area contributed by atoms with Crippen molar-refractivity contribution in [2.75, 3.05) is 12.9 Å². The Hall–Kier alpha value is -2.25. The molecular weight excluding hydrogens is 340 g/mol. The van der Waals surface area contributed by atoms with Crippen molar-refractivity contribution in [2.45, 2.75) is 24.9 Å². The van der Waals surface area contributed by atoms with Crippen molar-refractivity contribution in [1.29, 1.82) is 0 Å². The van der Waals surface area contributed by atoms with Crippen LogP contribution in [0.25, 0.3) is 0 Å². The molecule has 2 aliphatic heterocycles. The van der Waals surface area contributed by atoms with Crippen molar-refractivity contribution in [3.05, 3.63) is 53.3 Å². The van der Waals surface area contributed by atoms with Gasteiger partial charge in [0.15, 0.2) is 0 Å². The molecule has 0 radical (unpaired) electrons. The average Bonchev–Trinajstić information content (AvgIpc) is 2.65. The summed E-state index contributed by atoms with van der Waals surface area (Å²) < 4.78 is 10.5. The number of amides is 1. The lowest BCUT2D eigenvalue weighted by Crippen LogP contribution is -2.68. The highest BCUT2D eigenvalue weighted by Gasteiger charge is 2.51. The summed E-state index contributed by atoms with van der Waals surface area (Å²) in [5, 5.41) is -0.190. The Morgan fingerprint density at radius 1 is 1.40 bits per heavy atom. The first-order chi connectivity index (χ1) is 12.1. The second kappa shape index (κ2) is 7.33. The van der Waals surface area contributed by atoms with Crippen molar-refractivity contribution in [2.24, 2.45) is 5.73 Å². The summed E-state index contributed by atoms with van der Waals surface area (Å²) in [6.45, 7) is 2.00. The zero-order valence-electron chi connectivity index (χ0n) is 14.1. The summed E-state index contributed by atoms with van der Waals surface area (Å²) in [7, 11) is 1.59. The summed E-state index contributed by atoms with van der Waals surface area (Å²) >= 11 is 1.56. The number of methoxy groups -OCH3 is 1. The van der Waals surface area contributed by atoms with Crippen LogP contribution in [0.15, 0.2) is 47.7 Å². The maximum atomic E-state index is 12.6. The molecule has 0 aromatic heterocycles. The molecule has 2 aliphatic rings. The van der Waals surface area contributed by atoms with Crippen LogP contribution in [-0.2, 0) is 20.9 Å². The Kier molecular flexibility index (Phi) is 5.15. The molecule has 25 heavy (non-hydrogen) atoms. The molecule has 6 nitrogen and oxygen atoms in total. The predicted molar refractivity (Wildman–Crippen MR) is 95.7 cm³/mol. The van der Waals surface area contributed by atoms with Gasteiger partial charge in [-0.15, -0.1) is 11.8 Å². The quantitative estimate of drug-likeness (QED) is 0.637. The molecule has 0 aliphatic carbocycles. The Balaban J connectivity index is 1.76. The van der Waals surface area contributed by atoms with Gasteiger partial charge in [-0.1, -0.05) is 24.3 Å². The lowest BCUT2D eigenvalue weighted by atomic mass is 10.0. The molecule has 2 N–H and O–H groups in total. The zero-order chi connectivity index (χ0) is 18.0. The summed E-state index contributed by atoms with van der Waals surface area (Å²) in [4.78, 5) is 26.2. The Labute approximate surface area is 150 Å². The van der Waals surface area contributed by atoms with Crippen LogP contribution in [0.5, 0.6) is 5.75 Å². The Morgan fingerprint density at radius 2 is 2.12 bits per heavy atom. The van der Waals surface area contributed by atoms with Crippen LogP contribution in [0.4, 0.5) is 0 Å². The first-order valence-electron chi connectivity index (χ1n) is 7.93. The van der Waals surface area contributed by atoms with Gasteiger partial charge in [0.05, 0.1) is 7.11 Å². The highest BCUT2D eigenvalue weighted by Crippen LogP contribution is 2.40. The average molecular weight is 360 g/mol. The minimum Gasteiger partial charge on any atom is -0.497 e. The van der Waals surface area contributed by atoms with Gasteiger partial charge >= 0.3 is 5.97 Å². The molecule has 0 unspecified atom stereocenters. The number of benzene rings is 1. The van der Waals surface area contributed by atoms with Gasteiger partial charge < -0.3 is 15.2 Å². The van der Waals surface area contributed by atoms with Gasteiger partial charge in [-0.25, -0.2) is 4.79 Å². The van der Waals surface area contributed by atoms with E-state index in [2.05, 4.69) is 0 Å². The van der Waals surface area contributed by atoms with Crippen LogP contribution in [-0.4, -0.2) is 41.1 Å². The number of ether oxygens (including phenoxy) is 2. The number of allylic oxidation sites excluding steroid dienone is 2. The third-order valence-corrected chi connectivity index (χ3v) is 5.45. The molecule has 0 bridgehead atoms.